The Morgan fingerprint density at radius 1 is 0.710 bits per heavy atom. The third kappa shape index (κ3) is 3.46. The molecule has 0 saturated heterocycles. The van der Waals surface area contributed by atoms with Crippen molar-refractivity contribution >= 4 is 39.9 Å². The van der Waals surface area contributed by atoms with E-state index in [0.717, 1.165) is 21.2 Å². The number of rotatable bonds is 4. The lowest BCUT2D eigenvalue weighted by Crippen LogP contribution is -2.29. The van der Waals surface area contributed by atoms with Crippen molar-refractivity contribution in [1.29, 1.82) is 0 Å². The van der Waals surface area contributed by atoms with E-state index in [0.29, 0.717) is 22.5 Å². The maximum atomic E-state index is 12.7. The SMILES string of the molecule is O=C(Cc1ccc2ccccc2c1)Nc1cccc(N2C(=O)c3ccccc3C2=O)c1. The minimum Gasteiger partial charge on any atom is -0.326 e. The second kappa shape index (κ2) is 7.54. The second-order valence-electron chi connectivity index (χ2n) is 7.45. The Morgan fingerprint density at radius 3 is 2.13 bits per heavy atom. The number of nitrogens with zero attached hydrogens (tertiary/aromatic N) is 1. The molecule has 0 radical (unpaired) electrons. The summed E-state index contributed by atoms with van der Waals surface area (Å²) in [7, 11) is 0. The number of carbonyl (C=O) groups excluding carboxylic acids is 3. The molecule has 4 aromatic rings. The molecular weight excluding hydrogens is 388 g/mol. The zero-order chi connectivity index (χ0) is 21.4. The van der Waals surface area contributed by atoms with Crippen molar-refractivity contribution in [3.05, 3.63) is 108 Å². The van der Waals surface area contributed by atoms with Crippen LogP contribution in [-0.2, 0) is 11.2 Å². The summed E-state index contributed by atoms with van der Waals surface area (Å²) < 4.78 is 0. The Bertz CT molecular complexity index is 1320. The van der Waals surface area contributed by atoms with Crippen molar-refractivity contribution in [3.63, 3.8) is 0 Å². The monoisotopic (exact) mass is 406 g/mol. The van der Waals surface area contributed by atoms with E-state index >= 15 is 0 Å². The van der Waals surface area contributed by atoms with Crippen LogP contribution in [0.5, 0.6) is 0 Å². The van der Waals surface area contributed by atoms with Gasteiger partial charge in [-0.1, -0.05) is 60.7 Å². The van der Waals surface area contributed by atoms with E-state index in [4.69, 9.17) is 0 Å². The van der Waals surface area contributed by atoms with Crippen molar-refractivity contribution < 1.29 is 14.4 Å². The van der Waals surface area contributed by atoms with Crippen molar-refractivity contribution in [2.75, 3.05) is 10.2 Å². The molecule has 31 heavy (non-hydrogen) atoms. The van der Waals surface area contributed by atoms with Gasteiger partial charge in [-0.3, -0.25) is 14.4 Å². The number of anilines is 2. The summed E-state index contributed by atoms with van der Waals surface area (Å²) in [4.78, 5) is 39.2. The lowest BCUT2D eigenvalue weighted by atomic mass is 10.0. The van der Waals surface area contributed by atoms with Gasteiger partial charge in [0.25, 0.3) is 11.8 Å². The standard InChI is InChI=1S/C26H18N2O3/c29-24(15-17-12-13-18-6-1-2-7-19(18)14-17)27-20-8-5-9-21(16-20)28-25(30)22-10-3-4-11-23(22)26(28)31/h1-14,16H,15H2,(H,27,29). The molecule has 3 amide bonds. The van der Waals surface area contributed by atoms with Crippen LogP contribution in [0.3, 0.4) is 0 Å². The minimum atomic E-state index is -0.361. The Balaban J connectivity index is 1.34. The summed E-state index contributed by atoms with van der Waals surface area (Å²) in [5, 5.41) is 5.07. The number of imide groups is 1. The number of hydrogen-bond acceptors (Lipinski definition) is 3. The van der Waals surface area contributed by atoms with Crippen molar-refractivity contribution in [2.24, 2.45) is 0 Å². The molecule has 5 nitrogen and oxygen atoms in total. The first-order valence-corrected chi connectivity index (χ1v) is 9.95. The Morgan fingerprint density at radius 2 is 1.39 bits per heavy atom. The van der Waals surface area contributed by atoms with Gasteiger partial charge in [-0.05, 0) is 46.7 Å². The predicted molar refractivity (Wildman–Crippen MR) is 120 cm³/mol. The number of carbonyl (C=O) groups is 3. The molecule has 0 fully saturated rings. The highest BCUT2D eigenvalue weighted by Crippen LogP contribution is 2.29. The van der Waals surface area contributed by atoms with Crippen LogP contribution in [-0.4, -0.2) is 17.7 Å². The zero-order valence-electron chi connectivity index (χ0n) is 16.5. The molecule has 0 saturated carbocycles. The summed E-state index contributed by atoms with van der Waals surface area (Å²) in [5.74, 6) is -0.893. The molecule has 1 aliphatic heterocycles. The van der Waals surface area contributed by atoms with Crippen LogP contribution < -0.4 is 10.2 Å². The highest BCUT2D eigenvalue weighted by atomic mass is 16.2. The molecule has 0 aliphatic carbocycles. The molecule has 0 aromatic heterocycles. The zero-order valence-corrected chi connectivity index (χ0v) is 16.5. The molecule has 1 N–H and O–H groups in total. The van der Waals surface area contributed by atoms with Crippen molar-refractivity contribution in [2.45, 2.75) is 6.42 Å². The quantitative estimate of drug-likeness (QED) is 0.494. The van der Waals surface area contributed by atoms with Gasteiger partial charge in [-0.25, -0.2) is 4.90 Å². The molecule has 5 heteroatoms. The number of benzene rings is 4. The number of amides is 3. The lowest BCUT2D eigenvalue weighted by molar-refractivity contribution is -0.115. The molecule has 0 spiro atoms. The van der Waals surface area contributed by atoms with Crippen LogP contribution in [0, 0.1) is 0 Å². The fraction of sp³-hybridized carbons (Fsp3) is 0.0385. The molecule has 0 atom stereocenters. The van der Waals surface area contributed by atoms with E-state index in [-0.39, 0.29) is 24.1 Å². The van der Waals surface area contributed by atoms with E-state index in [2.05, 4.69) is 5.32 Å². The maximum Gasteiger partial charge on any atom is 0.266 e. The van der Waals surface area contributed by atoms with Gasteiger partial charge >= 0.3 is 0 Å². The minimum absolute atomic E-state index is 0.171. The van der Waals surface area contributed by atoms with E-state index in [9.17, 15) is 14.4 Å². The largest absolute Gasteiger partial charge is 0.326 e. The summed E-state index contributed by atoms with van der Waals surface area (Å²) in [6.45, 7) is 0. The number of nitrogens with one attached hydrogen (secondary N) is 1. The molecule has 150 valence electrons. The predicted octanol–water partition coefficient (Wildman–Crippen LogP) is 4.82. The van der Waals surface area contributed by atoms with E-state index in [1.54, 1.807) is 48.5 Å². The van der Waals surface area contributed by atoms with Crippen molar-refractivity contribution in [3.8, 4) is 0 Å². The molecule has 5 rings (SSSR count). The first kappa shape index (κ1) is 18.8. The van der Waals surface area contributed by atoms with Crippen molar-refractivity contribution in [1.82, 2.24) is 0 Å². The fourth-order valence-electron chi connectivity index (χ4n) is 3.89. The second-order valence-corrected chi connectivity index (χ2v) is 7.45. The van der Waals surface area contributed by atoms with Gasteiger partial charge < -0.3 is 5.32 Å². The maximum absolute atomic E-state index is 12.7. The van der Waals surface area contributed by atoms with Gasteiger partial charge in [-0.2, -0.15) is 0 Å². The van der Waals surface area contributed by atoms with Gasteiger partial charge in [0, 0.05) is 5.69 Å². The van der Waals surface area contributed by atoms with Crippen LogP contribution in [0.4, 0.5) is 11.4 Å². The van der Waals surface area contributed by atoms with Crippen LogP contribution in [0.2, 0.25) is 0 Å². The average molecular weight is 406 g/mol. The molecule has 0 unspecified atom stereocenters. The van der Waals surface area contributed by atoms with E-state index in [1.807, 2.05) is 42.5 Å². The van der Waals surface area contributed by atoms with Gasteiger partial charge in [0.05, 0.1) is 23.2 Å². The van der Waals surface area contributed by atoms with Crippen LogP contribution in [0.25, 0.3) is 10.8 Å². The Hall–Kier alpha value is -4.25. The van der Waals surface area contributed by atoms with E-state index < -0.39 is 0 Å². The summed E-state index contributed by atoms with van der Waals surface area (Å²) in [6, 6.07) is 27.5. The molecular formula is C26H18N2O3. The Labute approximate surface area is 178 Å². The van der Waals surface area contributed by atoms with Crippen LogP contribution in [0.15, 0.2) is 91.0 Å². The molecule has 0 bridgehead atoms. The highest BCUT2D eigenvalue weighted by molar-refractivity contribution is 6.34. The first-order chi connectivity index (χ1) is 15.1. The number of hydrogen-bond donors (Lipinski definition) is 1. The van der Waals surface area contributed by atoms with E-state index in [1.165, 1.54) is 0 Å². The van der Waals surface area contributed by atoms with Gasteiger partial charge in [-0.15, -0.1) is 0 Å². The molecule has 4 aromatic carbocycles. The summed E-state index contributed by atoms with van der Waals surface area (Å²) in [6.07, 6.45) is 0.224. The third-order valence-corrected chi connectivity index (χ3v) is 5.36. The van der Waals surface area contributed by atoms with Gasteiger partial charge in [0.1, 0.15) is 0 Å². The lowest BCUT2D eigenvalue weighted by Gasteiger charge is -2.15. The first-order valence-electron chi connectivity index (χ1n) is 9.95. The topological polar surface area (TPSA) is 66.5 Å². The van der Waals surface area contributed by atoms with Gasteiger partial charge in [0.2, 0.25) is 5.91 Å². The van der Waals surface area contributed by atoms with Crippen LogP contribution in [0.1, 0.15) is 26.3 Å². The summed E-state index contributed by atoms with van der Waals surface area (Å²) >= 11 is 0. The summed E-state index contributed by atoms with van der Waals surface area (Å²) in [5.41, 5.74) is 2.64. The Kier molecular flexibility index (Phi) is 4.56. The molecule has 1 aliphatic rings. The highest BCUT2D eigenvalue weighted by Gasteiger charge is 2.36. The fourth-order valence-corrected chi connectivity index (χ4v) is 3.89. The smallest absolute Gasteiger partial charge is 0.266 e. The normalized spacial score (nSPS) is 12.8. The number of fused-ring (bicyclic) bond motifs is 2. The third-order valence-electron chi connectivity index (χ3n) is 5.36. The average Bonchev–Trinajstić information content (AvgIpc) is 3.04. The molecule has 1 heterocycles. The van der Waals surface area contributed by atoms with Crippen LogP contribution >= 0.6 is 0 Å². The van der Waals surface area contributed by atoms with Gasteiger partial charge in [0.15, 0.2) is 0 Å².